The molecule has 1 aliphatic heterocycles. The zero-order chi connectivity index (χ0) is 14.5. The molecule has 0 saturated heterocycles. The third kappa shape index (κ3) is 3.07. The van der Waals surface area contributed by atoms with E-state index >= 15 is 0 Å². The summed E-state index contributed by atoms with van der Waals surface area (Å²) in [4.78, 5) is 4.36. The molecule has 1 aromatic carbocycles. The molecule has 6 heteroatoms. The van der Waals surface area contributed by atoms with E-state index in [1.807, 2.05) is 12.1 Å². The second-order valence-electron chi connectivity index (χ2n) is 4.62. The molecule has 110 valence electrons. The van der Waals surface area contributed by atoms with Crippen molar-refractivity contribution < 1.29 is 14.2 Å². The fourth-order valence-electron chi connectivity index (χ4n) is 2.08. The Balaban J connectivity index is 2.11. The van der Waals surface area contributed by atoms with Crippen LogP contribution >= 0.6 is 0 Å². The molecule has 0 aliphatic carbocycles. The number of aliphatic imine (C=N–C) groups is 1. The Hall–Kier alpha value is -2.11. The largest absolute Gasteiger partial charge is 0.493 e. The van der Waals surface area contributed by atoms with Crippen molar-refractivity contribution in [2.24, 2.45) is 4.99 Å². The average molecular weight is 279 g/mol. The van der Waals surface area contributed by atoms with Crippen LogP contribution in [0.5, 0.6) is 17.2 Å². The highest BCUT2D eigenvalue weighted by molar-refractivity contribution is 5.81. The van der Waals surface area contributed by atoms with Crippen LogP contribution in [0, 0.1) is 0 Å². The number of nitrogens with one attached hydrogen (secondary N) is 2. The highest BCUT2D eigenvalue weighted by atomic mass is 16.5. The number of rotatable bonds is 5. The van der Waals surface area contributed by atoms with E-state index < -0.39 is 0 Å². The monoisotopic (exact) mass is 279 g/mol. The summed E-state index contributed by atoms with van der Waals surface area (Å²) in [5.41, 5.74) is 1.03. The molecular weight excluding hydrogens is 258 g/mol. The maximum atomic E-state index is 5.33. The zero-order valence-corrected chi connectivity index (χ0v) is 12.3. The minimum atomic E-state index is 0.387. The van der Waals surface area contributed by atoms with Gasteiger partial charge < -0.3 is 24.8 Å². The topological polar surface area (TPSA) is 64.1 Å². The van der Waals surface area contributed by atoms with Gasteiger partial charge in [0.05, 0.1) is 27.9 Å². The van der Waals surface area contributed by atoms with Crippen molar-refractivity contribution in [3.05, 3.63) is 17.7 Å². The lowest BCUT2D eigenvalue weighted by Gasteiger charge is -2.15. The van der Waals surface area contributed by atoms with Gasteiger partial charge in [-0.3, -0.25) is 4.99 Å². The van der Waals surface area contributed by atoms with E-state index in [1.165, 1.54) is 0 Å². The summed E-state index contributed by atoms with van der Waals surface area (Å²) < 4.78 is 16.0. The predicted molar refractivity (Wildman–Crippen MR) is 77.8 cm³/mol. The van der Waals surface area contributed by atoms with Crippen LogP contribution in [0.2, 0.25) is 0 Å². The predicted octanol–water partition coefficient (Wildman–Crippen LogP) is 1.15. The van der Waals surface area contributed by atoms with Crippen molar-refractivity contribution in [1.29, 1.82) is 0 Å². The van der Waals surface area contributed by atoms with Gasteiger partial charge in [-0.05, 0) is 24.6 Å². The van der Waals surface area contributed by atoms with Crippen LogP contribution in [-0.2, 0) is 6.54 Å². The fraction of sp³-hybridized carbons (Fsp3) is 0.500. The van der Waals surface area contributed by atoms with Crippen molar-refractivity contribution in [3.8, 4) is 17.2 Å². The molecule has 0 bridgehead atoms. The van der Waals surface area contributed by atoms with Crippen LogP contribution < -0.4 is 24.8 Å². The first-order chi connectivity index (χ1) is 9.67. The number of benzene rings is 1. The highest BCUT2D eigenvalue weighted by Crippen LogP contribution is 2.38. The number of methoxy groups -OCH3 is 3. The molecule has 2 N–H and O–H groups in total. The summed E-state index contributed by atoms with van der Waals surface area (Å²) in [5.74, 6) is 2.73. The Morgan fingerprint density at radius 3 is 2.30 bits per heavy atom. The number of nitrogens with zero attached hydrogens (tertiary/aromatic N) is 1. The van der Waals surface area contributed by atoms with Gasteiger partial charge in [0.1, 0.15) is 0 Å². The smallest absolute Gasteiger partial charge is 0.203 e. The molecule has 1 aromatic rings. The van der Waals surface area contributed by atoms with Crippen LogP contribution in [0.1, 0.15) is 12.5 Å². The van der Waals surface area contributed by atoms with E-state index in [0.29, 0.717) is 29.8 Å². The summed E-state index contributed by atoms with van der Waals surface area (Å²) >= 11 is 0. The van der Waals surface area contributed by atoms with Gasteiger partial charge in [-0.2, -0.15) is 0 Å². The highest BCUT2D eigenvalue weighted by Gasteiger charge is 2.15. The quantitative estimate of drug-likeness (QED) is 0.846. The lowest BCUT2D eigenvalue weighted by atomic mass is 10.2. The van der Waals surface area contributed by atoms with E-state index in [0.717, 1.165) is 18.1 Å². The molecule has 6 nitrogen and oxygen atoms in total. The van der Waals surface area contributed by atoms with Gasteiger partial charge in [0, 0.05) is 12.6 Å². The van der Waals surface area contributed by atoms with Crippen LogP contribution in [0.25, 0.3) is 0 Å². The molecule has 0 amide bonds. The van der Waals surface area contributed by atoms with Crippen LogP contribution in [-0.4, -0.2) is 39.9 Å². The molecule has 0 radical (unpaired) electrons. The van der Waals surface area contributed by atoms with Gasteiger partial charge >= 0.3 is 0 Å². The van der Waals surface area contributed by atoms with Gasteiger partial charge in [-0.1, -0.05) is 0 Å². The first kappa shape index (κ1) is 14.3. The maximum Gasteiger partial charge on any atom is 0.203 e. The summed E-state index contributed by atoms with van der Waals surface area (Å²) in [5, 5.41) is 6.51. The molecule has 0 fully saturated rings. The van der Waals surface area contributed by atoms with Crippen LogP contribution in [0.4, 0.5) is 0 Å². The van der Waals surface area contributed by atoms with Gasteiger partial charge in [-0.15, -0.1) is 0 Å². The molecule has 0 aromatic heterocycles. The zero-order valence-electron chi connectivity index (χ0n) is 12.3. The molecule has 1 aliphatic rings. The number of guanidine groups is 1. The van der Waals surface area contributed by atoms with E-state index in [1.54, 1.807) is 21.3 Å². The normalized spacial score (nSPS) is 17.2. The number of ether oxygens (including phenoxy) is 3. The molecular formula is C14H21N3O3. The summed E-state index contributed by atoms with van der Waals surface area (Å²) in [6, 6.07) is 4.23. The van der Waals surface area contributed by atoms with Crippen molar-refractivity contribution in [1.82, 2.24) is 10.6 Å². The lowest BCUT2D eigenvalue weighted by Crippen LogP contribution is -2.37. The van der Waals surface area contributed by atoms with Crippen molar-refractivity contribution in [3.63, 3.8) is 0 Å². The average Bonchev–Trinajstić information content (AvgIpc) is 2.89. The first-order valence-electron chi connectivity index (χ1n) is 6.51. The standard InChI is InChI=1S/C14H21N3O3/c1-9-7-15-14(17-9)16-8-10-5-11(18-2)13(20-4)12(6-10)19-3/h5-6,9H,7-8H2,1-4H3,(H2,15,16,17). The van der Waals surface area contributed by atoms with E-state index in [-0.39, 0.29) is 0 Å². The summed E-state index contributed by atoms with van der Waals surface area (Å²) in [6.07, 6.45) is 0. The van der Waals surface area contributed by atoms with E-state index in [9.17, 15) is 0 Å². The minimum Gasteiger partial charge on any atom is -0.493 e. The third-order valence-corrected chi connectivity index (χ3v) is 3.09. The SMILES string of the molecule is COc1cc(CNC2=NCC(C)N2)cc(OC)c1OC. The van der Waals surface area contributed by atoms with Gasteiger partial charge in [-0.25, -0.2) is 0 Å². The Morgan fingerprint density at radius 1 is 1.20 bits per heavy atom. The number of hydrogen-bond donors (Lipinski definition) is 2. The molecule has 0 saturated carbocycles. The van der Waals surface area contributed by atoms with Crippen molar-refractivity contribution in [2.45, 2.75) is 19.5 Å². The Kier molecular flexibility index (Phi) is 4.55. The Morgan fingerprint density at radius 2 is 1.85 bits per heavy atom. The molecule has 2 rings (SSSR count). The first-order valence-corrected chi connectivity index (χ1v) is 6.51. The second-order valence-corrected chi connectivity index (χ2v) is 4.62. The van der Waals surface area contributed by atoms with Crippen molar-refractivity contribution in [2.75, 3.05) is 27.9 Å². The summed E-state index contributed by atoms with van der Waals surface area (Å²) in [7, 11) is 4.81. The molecule has 20 heavy (non-hydrogen) atoms. The molecule has 0 spiro atoms. The maximum absolute atomic E-state index is 5.33. The fourth-order valence-corrected chi connectivity index (χ4v) is 2.08. The van der Waals surface area contributed by atoms with Gasteiger partial charge in [0.25, 0.3) is 0 Å². The van der Waals surface area contributed by atoms with E-state index in [4.69, 9.17) is 14.2 Å². The van der Waals surface area contributed by atoms with Gasteiger partial charge in [0.15, 0.2) is 17.5 Å². The van der Waals surface area contributed by atoms with Crippen LogP contribution in [0.3, 0.4) is 0 Å². The Bertz CT molecular complexity index is 477. The lowest BCUT2D eigenvalue weighted by molar-refractivity contribution is 0.323. The minimum absolute atomic E-state index is 0.387. The second kappa shape index (κ2) is 6.36. The third-order valence-electron chi connectivity index (χ3n) is 3.09. The summed E-state index contributed by atoms with van der Waals surface area (Å²) in [6.45, 7) is 3.53. The Labute approximate surface area is 119 Å². The molecule has 1 atom stereocenters. The van der Waals surface area contributed by atoms with Crippen molar-refractivity contribution >= 4 is 5.96 Å². The molecule has 1 heterocycles. The van der Waals surface area contributed by atoms with Crippen LogP contribution in [0.15, 0.2) is 17.1 Å². The number of hydrogen-bond acceptors (Lipinski definition) is 6. The molecule has 1 unspecified atom stereocenters. The van der Waals surface area contributed by atoms with Gasteiger partial charge in [0.2, 0.25) is 5.75 Å². The van der Waals surface area contributed by atoms with E-state index in [2.05, 4.69) is 22.5 Å².